The monoisotopic (exact) mass is 321 g/mol. The van der Waals surface area contributed by atoms with Crippen molar-refractivity contribution in [1.29, 1.82) is 0 Å². The van der Waals surface area contributed by atoms with Crippen LogP contribution in [0, 0.1) is 5.92 Å². The summed E-state index contributed by atoms with van der Waals surface area (Å²) in [6, 6.07) is 13.6. The van der Waals surface area contributed by atoms with E-state index in [1.807, 2.05) is 42.5 Å². The molecule has 4 rings (SSSR count). The van der Waals surface area contributed by atoms with Crippen LogP contribution in [0.4, 0.5) is 5.82 Å². The van der Waals surface area contributed by atoms with Crippen LogP contribution in [0.25, 0.3) is 23.0 Å². The average molecular weight is 321 g/mol. The molecular formula is C18H19N5O. The molecule has 0 atom stereocenters. The zero-order valence-electron chi connectivity index (χ0n) is 13.6. The quantitative estimate of drug-likeness (QED) is 0.736. The van der Waals surface area contributed by atoms with Crippen molar-refractivity contribution in [3.05, 3.63) is 42.5 Å². The van der Waals surface area contributed by atoms with Gasteiger partial charge in [0, 0.05) is 18.7 Å². The Morgan fingerprint density at radius 3 is 2.50 bits per heavy atom. The van der Waals surface area contributed by atoms with E-state index in [4.69, 9.17) is 4.52 Å². The van der Waals surface area contributed by atoms with Gasteiger partial charge < -0.3 is 9.42 Å². The highest BCUT2D eigenvalue weighted by Gasteiger charge is 2.18. The van der Waals surface area contributed by atoms with Crippen LogP contribution in [0.3, 0.4) is 0 Å². The summed E-state index contributed by atoms with van der Waals surface area (Å²) in [6.07, 6.45) is 2.40. The molecule has 0 bridgehead atoms. The second kappa shape index (κ2) is 6.39. The van der Waals surface area contributed by atoms with Gasteiger partial charge in [-0.3, -0.25) is 0 Å². The lowest BCUT2D eigenvalue weighted by molar-refractivity contribution is 0.429. The zero-order valence-corrected chi connectivity index (χ0v) is 13.6. The van der Waals surface area contributed by atoms with Gasteiger partial charge in [0.1, 0.15) is 0 Å². The summed E-state index contributed by atoms with van der Waals surface area (Å²) in [5.74, 6) is 2.65. The van der Waals surface area contributed by atoms with Crippen LogP contribution >= 0.6 is 0 Å². The first-order chi connectivity index (χ1) is 11.8. The maximum atomic E-state index is 5.33. The van der Waals surface area contributed by atoms with E-state index >= 15 is 0 Å². The summed E-state index contributed by atoms with van der Waals surface area (Å²) in [4.78, 5) is 6.69. The molecule has 0 saturated carbocycles. The molecule has 1 aliphatic rings. The summed E-state index contributed by atoms with van der Waals surface area (Å²) in [5.41, 5.74) is 1.51. The minimum absolute atomic E-state index is 0.389. The fraction of sp³-hybridized carbons (Fsp3) is 0.333. The van der Waals surface area contributed by atoms with Crippen LogP contribution in [0.5, 0.6) is 0 Å². The minimum Gasteiger partial charge on any atom is -0.355 e. The molecule has 0 amide bonds. The van der Waals surface area contributed by atoms with Crippen LogP contribution in [0.15, 0.2) is 47.0 Å². The molecule has 0 unspecified atom stereocenters. The third kappa shape index (κ3) is 2.99. The Kier molecular flexibility index (Phi) is 3.94. The zero-order chi connectivity index (χ0) is 16.4. The summed E-state index contributed by atoms with van der Waals surface area (Å²) < 4.78 is 5.33. The van der Waals surface area contributed by atoms with Crippen molar-refractivity contribution < 1.29 is 4.52 Å². The largest absolute Gasteiger partial charge is 0.355 e. The van der Waals surface area contributed by atoms with E-state index < -0.39 is 0 Å². The van der Waals surface area contributed by atoms with Crippen molar-refractivity contribution >= 4 is 5.82 Å². The van der Waals surface area contributed by atoms with Gasteiger partial charge in [-0.05, 0) is 30.9 Å². The topological polar surface area (TPSA) is 67.9 Å². The van der Waals surface area contributed by atoms with Crippen molar-refractivity contribution in [3.8, 4) is 23.0 Å². The molecule has 1 aromatic carbocycles. The molecule has 0 N–H and O–H groups in total. The lowest BCUT2D eigenvalue weighted by atomic mass is 9.99. The maximum absolute atomic E-state index is 5.33. The second-order valence-electron chi connectivity index (χ2n) is 6.24. The van der Waals surface area contributed by atoms with Gasteiger partial charge in [0.2, 0.25) is 5.82 Å². The van der Waals surface area contributed by atoms with Crippen LogP contribution in [-0.4, -0.2) is 33.4 Å². The average Bonchev–Trinajstić information content (AvgIpc) is 3.13. The van der Waals surface area contributed by atoms with Crippen molar-refractivity contribution in [2.24, 2.45) is 5.92 Å². The molecule has 24 heavy (non-hydrogen) atoms. The van der Waals surface area contributed by atoms with Gasteiger partial charge in [-0.1, -0.05) is 42.4 Å². The van der Waals surface area contributed by atoms with E-state index in [1.165, 1.54) is 12.8 Å². The van der Waals surface area contributed by atoms with Gasteiger partial charge in [-0.25, -0.2) is 0 Å². The van der Waals surface area contributed by atoms with Crippen LogP contribution < -0.4 is 4.90 Å². The molecule has 122 valence electrons. The van der Waals surface area contributed by atoms with Crippen molar-refractivity contribution in [1.82, 2.24) is 20.3 Å². The van der Waals surface area contributed by atoms with E-state index in [9.17, 15) is 0 Å². The smallest absolute Gasteiger partial charge is 0.278 e. The van der Waals surface area contributed by atoms with E-state index in [0.29, 0.717) is 17.4 Å². The summed E-state index contributed by atoms with van der Waals surface area (Å²) in [6.45, 7) is 4.37. The Morgan fingerprint density at radius 2 is 1.79 bits per heavy atom. The highest BCUT2D eigenvalue weighted by molar-refractivity contribution is 5.57. The first-order valence-corrected chi connectivity index (χ1v) is 8.28. The third-order valence-electron chi connectivity index (χ3n) is 4.44. The number of hydrogen-bond donors (Lipinski definition) is 0. The Labute approximate surface area is 140 Å². The molecule has 0 spiro atoms. The van der Waals surface area contributed by atoms with Crippen LogP contribution in [-0.2, 0) is 0 Å². The molecule has 0 radical (unpaired) electrons. The normalized spacial score (nSPS) is 15.6. The standard InChI is InChI=1S/C18H19N5O/c1-13-9-11-23(12-10-13)16-8-7-15(20-21-16)18-19-17(22-24-18)14-5-3-2-4-6-14/h2-8,13H,9-12H2,1H3. The third-order valence-corrected chi connectivity index (χ3v) is 4.44. The van der Waals surface area contributed by atoms with Crippen molar-refractivity contribution in [2.45, 2.75) is 19.8 Å². The molecule has 3 aromatic rings. The number of rotatable bonds is 3. The van der Waals surface area contributed by atoms with Gasteiger partial charge in [0.15, 0.2) is 11.5 Å². The van der Waals surface area contributed by atoms with Gasteiger partial charge in [-0.2, -0.15) is 4.98 Å². The van der Waals surface area contributed by atoms with E-state index in [1.54, 1.807) is 0 Å². The number of nitrogens with zero attached hydrogens (tertiary/aromatic N) is 5. The molecular weight excluding hydrogens is 302 g/mol. The molecule has 1 aliphatic heterocycles. The molecule has 0 aliphatic carbocycles. The molecule has 1 fully saturated rings. The molecule has 1 saturated heterocycles. The highest BCUT2D eigenvalue weighted by Crippen LogP contribution is 2.23. The van der Waals surface area contributed by atoms with Crippen LogP contribution in [0.1, 0.15) is 19.8 Å². The number of piperidine rings is 1. The molecule has 6 nitrogen and oxygen atoms in total. The SMILES string of the molecule is CC1CCN(c2ccc(-c3nc(-c4ccccc4)no3)nn2)CC1. The number of anilines is 1. The summed E-state index contributed by atoms with van der Waals surface area (Å²) in [7, 11) is 0. The first kappa shape index (κ1) is 14.8. The Morgan fingerprint density at radius 1 is 1.00 bits per heavy atom. The number of benzene rings is 1. The van der Waals surface area contributed by atoms with Crippen molar-refractivity contribution in [2.75, 3.05) is 18.0 Å². The molecule has 2 aromatic heterocycles. The second-order valence-corrected chi connectivity index (χ2v) is 6.24. The summed E-state index contributed by atoms with van der Waals surface area (Å²) >= 11 is 0. The van der Waals surface area contributed by atoms with E-state index in [-0.39, 0.29) is 0 Å². The van der Waals surface area contributed by atoms with E-state index in [2.05, 4.69) is 32.2 Å². The predicted octanol–water partition coefficient (Wildman–Crippen LogP) is 3.43. The summed E-state index contributed by atoms with van der Waals surface area (Å²) in [5, 5.41) is 12.6. The lowest BCUT2D eigenvalue weighted by Crippen LogP contribution is -2.33. The van der Waals surface area contributed by atoms with Gasteiger partial charge in [-0.15, -0.1) is 10.2 Å². The highest BCUT2D eigenvalue weighted by atomic mass is 16.5. The van der Waals surface area contributed by atoms with Gasteiger partial charge in [0.25, 0.3) is 5.89 Å². The maximum Gasteiger partial charge on any atom is 0.278 e. The predicted molar refractivity (Wildman–Crippen MR) is 91.4 cm³/mol. The van der Waals surface area contributed by atoms with Crippen LogP contribution in [0.2, 0.25) is 0 Å². The van der Waals surface area contributed by atoms with Crippen molar-refractivity contribution in [3.63, 3.8) is 0 Å². The Balaban J connectivity index is 1.52. The fourth-order valence-electron chi connectivity index (χ4n) is 2.88. The molecule has 6 heteroatoms. The first-order valence-electron chi connectivity index (χ1n) is 8.28. The fourth-order valence-corrected chi connectivity index (χ4v) is 2.88. The number of aromatic nitrogens is 4. The minimum atomic E-state index is 0.389. The molecule has 3 heterocycles. The van der Waals surface area contributed by atoms with Gasteiger partial charge in [0.05, 0.1) is 0 Å². The van der Waals surface area contributed by atoms with E-state index in [0.717, 1.165) is 30.4 Å². The number of hydrogen-bond acceptors (Lipinski definition) is 6. The van der Waals surface area contributed by atoms with Gasteiger partial charge >= 0.3 is 0 Å². The Bertz CT molecular complexity index is 792. The Hall–Kier alpha value is -2.76. The lowest BCUT2D eigenvalue weighted by Gasteiger charge is -2.30.